The summed E-state index contributed by atoms with van der Waals surface area (Å²) in [5.41, 5.74) is 1.45. The molecule has 4 heterocycles. The van der Waals surface area contributed by atoms with Gasteiger partial charge in [-0.15, -0.1) is 10.2 Å². The number of hydrogen-bond donors (Lipinski definition) is 1. The highest BCUT2D eigenvalue weighted by molar-refractivity contribution is 5.94. The Hall–Kier alpha value is -2.03. The fourth-order valence-corrected chi connectivity index (χ4v) is 5.09. The van der Waals surface area contributed by atoms with Crippen molar-refractivity contribution in [2.45, 2.75) is 51.6 Å². The number of aromatic nitrogens is 3. The van der Waals surface area contributed by atoms with Crippen molar-refractivity contribution < 1.29 is 9.53 Å². The molecule has 32 heavy (non-hydrogen) atoms. The van der Waals surface area contributed by atoms with Crippen LogP contribution in [0.3, 0.4) is 0 Å². The molecule has 2 aromatic heterocycles. The number of amides is 1. The van der Waals surface area contributed by atoms with Crippen molar-refractivity contribution in [3.63, 3.8) is 0 Å². The summed E-state index contributed by atoms with van der Waals surface area (Å²) in [6, 6.07) is 4.37. The monoisotopic (exact) mass is 440 g/mol. The molecule has 1 atom stereocenters. The molecule has 1 N–H and O–H groups in total. The zero-order valence-electron chi connectivity index (χ0n) is 19.4. The minimum absolute atomic E-state index is 0.0299. The van der Waals surface area contributed by atoms with Crippen LogP contribution in [0.15, 0.2) is 18.3 Å². The molecule has 0 radical (unpaired) electrons. The maximum Gasteiger partial charge on any atom is 0.252 e. The molecule has 2 aliphatic heterocycles. The topological polar surface area (TPSA) is 75.0 Å². The Morgan fingerprint density at radius 1 is 1.12 bits per heavy atom. The molecule has 3 aliphatic rings. The number of carbonyl (C=O) groups excluding carboxylic acids is 1. The van der Waals surface area contributed by atoms with Crippen molar-refractivity contribution >= 4 is 11.6 Å². The molecule has 174 valence electrons. The number of piperazine rings is 1. The molecule has 0 aromatic carbocycles. The highest BCUT2D eigenvalue weighted by Crippen LogP contribution is 2.33. The normalized spacial score (nSPS) is 23.8. The Bertz CT molecular complexity index is 934. The first-order valence-corrected chi connectivity index (χ1v) is 12.3. The molecule has 8 nitrogen and oxygen atoms in total. The first-order chi connectivity index (χ1) is 15.6. The SMILES string of the molecule is CC(C)N1CCN(CC2CC2)C[C@@H]1c1nnc2ccc(C(=O)NCC3CCOCC3)cn12. The Labute approximate surface area is 190 Å². The Morgan fingerprint density at radius 3 is 2.69 bits per heavy atom. The average molecular weight is 441 g/mol. The largest absolute Gasteiger partial charge is 0.381 e. The van der Waals surface area contributed by atoms with E-state index < -0.39 is 0 Å². The van der Waals surface area contributed by atoms with Crippen LogP contribution >= 0.6 is 0 Å². The molecule has 0 bridgehead atoms. The van der Waals surface area contributed by atoms with Crippen molar-refractivity contribution in [2.75, 3.05) is 45.9 Å². The summed E-state index contributed by atoms with van der Waals surface area (Å²) in [6.45, 7) is 11.1. The van der Waals surface area contributed by atoms with Crippen LogP contribution in [0.25, 0.3) is 5.65 Å². The second kappa shape index (κ2) is 9.45. The van der Waals surface area contributed by atoms with E-state index in [-0.39, 0.29) is 11.9 Å². The summed E-state index contributed by atoms with van der Waals surface area (Å²) in [7, 11) is 0. The predicted molar refractivity (Wildman–Crippen MR) is 123 cm³/mol. The Kier molecular flexibility index (Phi) is 6.44. The molecule has 2 aromatic rings. The van der Waals surface area contributed by atoms with E-state index in [9.17, 15) is 4.79 Å². The van der Waals surface area contributed by atoms with Gasteiger partial charge in [0.15, 0.2) is 11.5 Å². The first kappa shape index (κ1) is 21.8. The van der Waals surface area contributed by atoms with Crippen molar-refractivity contribution in [1.29, 1.82) is 0 Å². The van der Waals surface area contributed by atoms with Crippen LogP contribution in [0.5, 0.6) is 0 Å². The maximum absolute atomic E-state index is 12.9. The van der Waals surface area contributed by atoms with Gasteiger partial charge in [-0.3, -0.25) is 19.0 Å². The maximum atomic E-state index is 12.9. The first-order valence-electron chi connectivity index (χ1n) is 12.3. The minimum Gasteiger partial charge on any atom is -0.381 e. The van der Waals surface area contributed by atoms with Crippen LogP contribution in [0.4, 0.5) is 0 Å². The van der Waals surface area contributed by atoms with E-state index in [0.717, 1.165) is 63.1 Å². The van der Waals surface area contributed by atoms with Crippen LogP contribution in [0, 0.1) is 11.8 Å². The fraction of sp³-hybridized carbons (Fsp3) is 0.708. The smallest absolute Gasteiger partial charge is 0.252 e. The van der Waals surface area contributed by atoms with E-state index in [0.29, 0.717) is 24.1 Å². The summed E-state index contributed by atoms with van der Waals surface area (Å²) >= 11 is 0. The van der Waals surface area contributed by atoms with E-state index in [2.05, 4.69) is 39.2 Å². The van der Waals surface area contributed by atoms with Gasteiger partial charge in [0.2, 0.25) is 0 Å². The van der Waals surface area contributed by atoms with Crippen LogP contribution in [0.1, 0.15) is 61.8 Å². The molecule has 1 aliphatic carbocycles. The van der Waals surface area contributed by atoms with Gasteiger partial charge in [0, 0.05) is 58.2 Å². The second-order valence-corrected chi connectivity index (χ2v) is 10.0. The lowest BCUT2D eigenvalue weighted by Gasteiger charge is -2.42. The number of nitrogens with zero attached hydrogens (tertiary/aromatic N) is 5. The molecule has 0 spiro atoms. The van der Waals surface area contributed by atoms with E-state index in [1.807, 2.05) is 22.7 Å². The van der Waals surface area contributed by atoms with Crippen LogP contribution in [-0.4, -0.2) is 82.3 Å². The number of nitrogens with one attached hydrogen (secondary N) is 1. The number of fused-ring (bicyclic) bond motifs is 1. The van der Waals surface area contributed by atoms with Gasteiger partial charge in [-0.05, 0) is 63.5 Å². The van der Waals surface area contributed by atoms with Crippen molar-refractivity contribution in [3.05, 3.63) is 29.7 Å². The number of pyridine rings is 1. The highest BCUT2D eigenvalue weighted by Gasteiger charge is 2.35. The fourth-order valence-electron chi connectivity index (χ4n) is 5.09. The van der Waals surface area contributed by atoms with Gasteiger partial charge in [-0.1, -0.05) is 0 Å². The molecular weight excluding hydrogens is 404 g/mol. The zero-order chi connectivity index (χ0) is 22.1. The number of carbonyl (C=O) groups is 1. The third-order valence-corrected chi connectivity index (χ3v) is 7.26. The summed E-state index contributed by atoms with van der Waals surface area (Å²) in [6.07, 6.45) is 6.69. The molecule has 3 fully saturated rings. The standard InChI is InChI=1S/C24H36N6O2/c1-17(2)29-10-9-28(14-19-3-4-19)16-21(29)23-27-26-22-6-5-20(15-30(22)23)24(31)25-13-18-7-11-32-12-8-18/h5-6,15,17-19,21H,3-4,7-14,16H2,1-2H3,(H,25,31)/t21-/m1/s1. The van der Waals surface area contributed by atoms with Gasteiger partial charge < -0.3 is 10.1 Å². The van der Waals surface area contributed by atoms with Crippen molar-refractivity contribution in [3.8, 4) is 0 Å². The van der Waals surface area contributed by atoms with Gasteiger partial charge in [0.1, 0.15) is 0 Å². The second-order valence-electron chi connectivity index (χ2n) is 10.0. The summed E-state index contributed by atoms with van der Waals surface area (Å²) < 4.78 is 7.45. The molecule has 5 rings (SSSR count). The zero-order valence-corrected chi connectivity index (χ0v) is 19.4. The van der Waals surface area contributed by atoms with Crippen LogP contribution < -0.4 is 5.32 Å². The van der Waals surface area contributed by atoms with Gasteiger partial charge in [0.05, 0.1) is 11.6 Å². The highest BCUT2D eigenvalue weighted by atomic mass is 16.5. The van der Waals surface area contributed by atoms with E-state index in [1.165, 1.54) is 19.4 Å². The van der Waals surface area contributed by atoms with Crippen LogP contribution in [0.2, 0.25) is 0 Å². The van der Waals surface area contributed by atoms with Gasteiger partial charge in [-0.25, -0.2) is 0 Å². The van der Waals surface area contributed by atoms with Crippen LogP contribution in [-0.2, 0) is 4.74 Å². The van der Waals surface area contributed by atoms with Crippen molar-refractivity contribution in [2.24, 2.45) is 11.8 Å². The van der Waals surface area contributed by atoms with E-state index >= 15 is 0 Å². The molecule has 8 heteroatoms. The third kappa shape index (κ3) is 4.82. The molecule has 1 amide bonds. The van der Waals surface area contributed by atoms with Gasteiger partial charge in [-0.2, -0.15) is 0 Å². The van der Waals surface area contributed by atoms with Gasteiger partial charge >= 0.3 is 0 Å². The van der Waals surface area contributed by atoms with Gasteiger partial charge in [0.25, 0.3) is 5.91 Å². The lowest BCUT2D eigenvalue weighted by Crippen LogP contribution is -2.51. The molecule has 2 saturated heterocycles. The quantitative estimate of drug-likeness (QED) is 0.713. The average Bonchev–Trinajstić information content (AvgIpc) is 3.52. The molecular formula is C24H36N6O2. The minimum atomic E-state index is -0.0299. The Balaban J connectivity index is 1.35. The molecule has 1 saturated carbocycles. The lowest BCUT2D eigenvalue weighted by molar-refractivity contribution is 0.0437. The molecule has 0 unspecified atom stereocenters. The Morgan fingerprint density at radius 2 is 1.94 bits per heavy atom. The van der Waals surface area contributed by atoms with Crippen molar-refractivity contribution in [1.82, 2.24) is 29.7 Å². The predicted octanol–water partition coefficient (Wildman–Crippen LogP) is 2.36. The summed E-state index contributed by atoms with van der Waals surface area (Å²) in [5, 5.41) is 12.1. The number of rotatable bonds is 7. The lowest BCUT2D eigenvalue weighted by atomic mass is 10.0. The number of hydrogen-bond acceptors (Lipinski definition) is 6. The third-order valence-electron chi connectivity index (χ3n) is 7.26. The van der Waals surface area contributed by atoms with E-state index in [4.69, 9.17) is 4.74 Å². The summed E-state index contributed by atoms with van der Waals surface area (Å²) in [4.78, 5) is 18.0. The number of ether oxygens (including phenoxy) is 1. The van der Waals surface area contributed by atoms with E-state index in [1.54, 1.807) is 0 Å². The summed E-state index contributed by atoms with van der Waals surface area (Å²) in [5.74, 6) is 2.29.